The van der Waals surface area contributed by atoms with Crippen LogP contribution in [0.15, 0.2) is 30.5 Å². The molecular formula is C18H21N3O3. The standard InChI is InChI=1S/C18H21N3O3/c1-3-19-17(22)15-9-12-11-7-5-6-8-14(11)21-16(12)13(10-20-15)18(23)24-4-2/h5-8,10,15,20-21H,3-4,9H2,1-2H3,(H,19,22). The molecule has 0 bridgehead atoms. The van der Waals surface area contributed by atoms with Crippen LogP contribution in [0.4, 0.5) is 0 Å². The highest BCUT2D eigenvalue weighted by molar-refractivity contribution is 6.17. The summed E-state index contributed by atoms with van der Waals surface area (Å²) in [6.45, 7) is 4.51. The number of fused-ring (bicyclic) bond motifs is 3. The monoisotopic (exact) mass is 327 g/mol. The largest absolute Gasteiger partial charge is 0.462 e. The van der Waals surface area contributed by atoms with E-state index in [2.05, 4.69) is 15.6 Å². The van der Waals surface area contributed by atoms with Crippen molar-refractivity contribution in [3.8, 4) is 0 Å². The zero-order valence-electron chi connectivity index (χ0n) is 13.8. The molecule has 2 heterocycles. The number of amides is 1. The minimum atomic E-state index is -0.435. The number of hydrogen-bond acceptors (Lipinski definition) is 4. The third kappa shape index (κ3) is 2.87. The molecule has 1 aromatic heterocycles. The molecule has 1 unspecified atom stereocenters. The fourth-order valence-corrected chi connectivity index (χ4v) is 3.00. The topological polar surface area (TPSA) is 83.2 Å². The third-order valence-electron chi connectivity index (χ3n) is 4.08. The van der Waals surface area contributed by atoms with Crippen molar-refractivity contribution in [1.82, 2.24) is 15.6 Å². The van der Waals surface area contributed by atoms with Crippen molar-refractivity contribution in [2.75, 3.05) is 13.2 Å². The van der Waals surface area contributed by atoms with E-state index < -0.39 is 12.0 Å². The summed E-state index contributed by atoms with van der Waals surface area (Å²) in [5, 5.41) is 6.90. The first-order valence-electron chi connectivity index (χ1n) is 8.16. The van der Waals surface area contributed by atoms with Gasteiger partial charge in [0.1, 0.15) is 6.04 Å². The highest BCUT2D eigenvalue weighted by Crippen LogP contribution is 2.30. The molecule has 126 valence electrons. The Bertz CT molecular complexity index is 807. The van der Waals surface area contributed by atoms with Crippen LogP contribution in [0.5, 0.6) is 0 Å². The first-order valence-corrected chi connectivity index (χ1v) is 8.16. The maximum Gasteiger partial charge on any atom is 0.341 e. The van der Waals surface area contributed by atoms with E-state index in [0.29, 0.717) is 30.8 Å². The van der Waals surface area contributed by atoms with Gasteiger partial charge in [-0.1, -0.05) is 18.2 Å². The summed E-state index contributed by atoms with van der Waals surface area (Å²) < 4.78 is 5.17. The molecule has 0 saturated heterocycles. The molecule has 3 rings (SSSR count). The number of aromatic amines is 1. The average molecular weight is 327 g/mol. The van der Waals surface area contributed by atoms with Gasteiger partial charge in [0.15, 0.2) is 0 Å². The lowest BCUT2D eigenvalue weighted by Gasteiger charge is -2.15. The fraction of sp³-hybridized carbons (Fsp3) is 0.333. The minimum absolute atomic E-state index is 0.0879. The van der Waals surface area contributed by atoms with E-state index in [-0.39, 0.29) is 5.91 Å². The summed E-state index contributed by atoms with van der Waals surface area (Å²) in [6.07, 6.45) is 2.07. The maximum atomic E-state index is 12.3. The van der Waals surface area contributed by atoms with Crippen molar-refractivity contribution in [1.29, 1.82) is 0 Å². The van der Waals surface area contributed by atoms with Crippen molar-refractivity contribution in [3.05, 3.63) is 41.7 Å². The minimum Gasteiger partial charge on any atom is -0.462 e. The van der Waals surface area contributed by atoms with E-state index in [4.69, 9.17) is 4.74 Å². The van der Waals surface area contributed by atoms with Gasteiger partial charge in [0, 0.05) is 30.1 Å². The van der Waals surface area contributed by atoms with Gasteiger partial charge in [-0.25, -0.2) is 4.79 Å². The van der Waals surface area contributed by atoms with Crippen LogP contribution in [-0.2, 0) is 20.7 Å². The van der Waals surface area contributed by atoms with Crippen LogP contribution in [-0.4, -0.2) is 36.1 Å². The van der Waals surface area contributed by atoms with Crippen molar-refractivity contribution < 1.29 is 14.3 Å². The fourth-order valence-electron chi connectivity index (χ4n) is 3.00. The van der Waals surface area contributed by atoms with Crippen LogP contribution in [0.1, 0.15) is 25.1 Å². The van der Waals surface area contributed by atoms with Gasteiger partial charge in [0.05, 0.1) is 17.9 Å². The number of aromatic nitrogens is 1. The highest BCUT2D eigenvalue weighted by atomic mass is 16.5. The van der Waals surface area contributed by atoms with Crippen molar-refractivity contribution in [2.45, 2.75) is 26.3 Å². The van der Waals surface area contributed by atoms with Gasteiger partial charge in [-0.05, 0) is 25.5 Å². The van der Waals surface area contributed by atoms with Crippen LogP contribution < -0.4 is 10.6 Å². The normalized spacial score (nSPS) is 16.6. The van der Waals surface area contributed by atoms with E-state index in [1.165, 1.54) is 0 Å². The van der Waals surface area contributed by atoms with Crippen molar-refractivity contribution in [2.24, 2.45) is 0 Å². The second kappa shape index (κ2) is 6.78. The molecule has 0 radical (unpaired) electrons. The first-order chi connectivity index (χ1) is 11.7. The highest BCUT2D eigenvalue weighted by Gasteiger charge is 2.28. The number of esters is 1. The van der Waals surface area contributed by atoms with Crippen molar-refractivity contribution >= 4 is 28.4 Å². The predicted octanol–water partition coefficient (Wildman–Crippen LogP) is 1.72. The molecule has 0 spiro atoms. The molecule has 6 nitrogen and oxygen atoms in total. The molecule has 0 saturated carbocycles. The summed E-state index contributed by atoms with van der Waals surface area (Å²) in [5.74, 6) is -0.496. The number of carbonyl (C=O) groups excluding carboxylic acids is 2. The lowest BCUT2D eigenvalue weighted by molar-refractivity contribution is -0.136. The Morgan fingerprint density at radius 2 is 2.08 bits per heavy atom. The van der Waals surface area contributed by atoms with Crippen LogP contribution in [0, 0.1) is 0 Å². The zero-order valence-corrected chi connectivity index (χ0v) is 13.8. The average Bonchev–Trinajstić information content (AvgIpc) is 2.81. The van der Waals surface area contributed by atoms with Crippen LogP contribution in [0.3, 0.4) is 0 Å². The van der Waals surface area contributed by atoms with E-state index in [1.807, 2.05) is 31.2 Å². The van der Waals surface area contributed by atoms with Crippen LogP contribution >= 0.6 is 0 Å². The molecule has 6 heteroatoms. The van der Waals surface area contributed by atoms with E-state index in [1.54, 1.807) is 13.1 Å². The Hall–Kier alpha value is -2.76. The summed E-state index contributed by atoms with van der Waals surface area (Å²) >= 11 is 0. The molecule has 0 fully saturated rings. The Morgan fingerprint density at radius 3 is 2.83 bits per heavy atom. The zero-order chi connectivity index (χ0) is 17.1. The predicted molar refractivity (Wildman–Crippen MR) is 92.2 cm³/mol. The molecule has 0 aliphatic carbocycles. The number of ether oxygens (including phenoxy) is 1. The molecule has 1 amide bonds. The van der Waals surface area contributed by atoms with Crippen LogP contribution in [0.2, 0.25) is 0 Å². The number of rotatable bonds is 4. The number of likely N-dealkylation sites (N-methyl/N-ethyl adjacent to an activating group) is 1. The molecule has 1 aliphatic heterocycles. The number of hydrogen-bond donors (Lipinski definition) is 3. The van der Waals surface area contributed by atoms with Gasteiger partial charge < -0.3 is 20.4 Å². The second-order valence-corrected chi connectivity index (χ2v) is 5.62. The number of benzene rings is 1. The van der Waals surface area contributed by atoms with Gasteiger partial charge in [-0.3, -0.25) is 4.79 Å². The molecule has 1 atom stereocenters. The van der Waals surface area contributed by atoms with E-state index in [9.17, 15) is 9.59 Å². The summed E-state index contributed by atoms with van der Waals surface area (Å²) in [6, 6.07) is 7.40. The lowest BCUT2D eigenvalue weighted by atomic mass is 10.0. The molecule has 24 heavy (non-hydrogen) atoms. The number of para-hydroxylation sites is 1. The number of H-pyrrole nitrogens is 1. The van der Waals surface area contributed by atoms with Gasteiger partial charge in [0.2, 0.25) is 5.91 Å². The van der Waals surface area contributed by atoms with Gasteiger partial charge in [-0.2, -0.15) is 0 Å². The number of carbonyl (C=O) groups is 2. The SMILES string of the molecule is CCNC(=O)C1Cc2c([nH]c3ccccc23)C(C(=O)OCC)=CN1. The smallest absolute Gasteiger partial charge is 0.341 e. The summed E-state index contributed by atoms with van der Waals surface area (Å²) in [7, 11) is 0. The summed E-state index contributed by atoms with van der Waals surface area (Å²) in [4.78, 5) is 27.9. The molecule has 2 aromatic rings. The van der Waals surface area contributed by atoms with E-state index >= 15 is 0 Å². The Balaban J connectivity index is 2.09. The van der Waals surface area contributed by atoms with Gasteiger partial charge in [0.25, 0.3) is 0 Å². The van der Waals surface area contributed by atoms with E-state index in [0.717, 1.165) is 16.5 Å². The molecule has 1 aliphatic rings. The molecular weight excluding hydrogens is 306 g/mol. The molecule has 3 N–H and O–H groups in total. The maximum absolute atomic E-state index is 12.3. The van der Waals surface area contributed by atoms with Crippen molar-refractivity contribution in [3.63, 3.8) is 0 Å². The molecule has 1 aromatic carbocycles. The third-order valence-corrected chi connectivity index (χ3v) is 4.08. The van der Waals surface area contributed by atoms with Gasteiger partial charge in [-0.15, -0.1) is 0 Å². The Kier molecular flexibility index (Phi) is 4.55. The quantitative estimate of drug-likeness (QED) is 0.747. The Labute approximate surface area is 140 Å². The summed E-state index contributed by atoms with van der Waals surface area (Å²) in [5.41, 5.74) is 3.02. The lowest BCUT2D eigenvalue weighted by Crippen LogP contribution is -2.43. The first kappa shape index (κ1) is 16.1. The van der Waals surface area contributed by atoms with Gasteiger partial charge >= 0.3 is 5.97 Å². The Morgan fingerprint density at radius 1 is 1.29 bits per heavy atom. The second-order valence-electron chi connectivity index (χ2n) is 5.62. The number of nitrogens with one attached hydrogen (secondary N) is 3. The van der Waals surface area contributed by atoms with Crippen LogP contribution in [0.25, 0.3) is 16.5 Å².